The van der Waals surface area contributed by atoms with Gasteiger partial charge >= 0.3 is 0 Å². The normalized spacial score (nSPS) is 24.5. The Balaban J connectivity index is 1.75. The Morgan fingerprint density at radius 2 is 2.29 bits per heavy atom. The molecule has 0 aliphatic carbocycles. The number of fused-ring (bicyclic) bond motifs is 1. The largest absolute Gasteiger partial charge is 0.801 e. The van der Waals surface area contributed by atoms with Crippen LogP contribution in [0.5, 0.6) is 0 Å². The van der Waals surface area contributed by atoms with Crippen LogP contribution in [-0.2, 0) is 21.1 Å². The van der Waals surface area contributed by atoms with Crippen molar-refractivity contribution in [3.63, 3.8) is 0 Å². The fourth-order valence-electron chi connectivity index (χ4n) is 2.01. The predicted octanol–water partition coefficient (Wildman–Crippen LogP) is 0.178. The van der Waals surface area contributed by atoms with E-state index in [0.29, 0.717) is 17.0 Å². The van der Waals surface area contributed by atoms with Crippen LogP contribution in [0.3, 0.4) is 0 Å². The van der Waals surface area contributed by atoms with E-state index in [4.69, 9.17) is 26.8 Å². The highest BCUT2D eigenvalue weighted by Crippen LogP contribution is 2.33. The van der Waals surface area contributed by atoms with E-state index in [1.54, 1.807) is 10.9 Å². The van der Waals surface area contributed by atoms with Gasteiger partial charge in [0.05, 0.1) is 12.9 Å². The Kier molecular flexibility index (Phi) is 3.76. The second kappa shape index (κ2) is 5.43. The van der Waals surface area contributed by atoms with Gasteiger partial charge in [0.1, 0.15) is 17.9 Å². The van der Waals surface area contributed by atoms with E-state index in [0.717, 1.165) is 0 Å². The average Bonchev–Trinajstić information content (AvgIpc) is 3.02. The van der Waals surface area contributed by atoms with Crippen molar-refractivity contribution < 1.29 is 14.2 Å². The molecule has 1 unspecified atom stereocenters. The number of ether oxygens (including phenoxy) is 1. The summed E-state index contributed by atoms with van der Waals surface area (Å²) in [5, 5.41) is 0. The highest BCUT2D eigenvalue weighted by molar-refractivity contribution is 8.08. The summed E-state index contributed by atoms with van der Waals surface area (Å²) in [6.07, 6.45) is 5.94. The van der Waals surface area contributed by atoms with Gasteiger partial charge in [0.15, 0.2) is 17.7 Å². The summed E-state index contributed by atoms with van der Waals surface area (Å²) in [7, 11) is 0. The first-order valence-electron chi connectivity index (χ1n) is 6.14. The number of hydrogen-bond acceptors (Lipinski definition) is 8. The maximum absolute atomic E-state index is 11.4. The van der Waals surface area contributed by atoms with Gasteiger partial charge in [-0.15, -0.1) is 0 Å². The molecule has 21 heavy (non-hydrogen) atoms. The smallest absolute Gasteiger partial charge is 0.167 e. The van der Waals surface area contributed by atoms with E-state index in [-0.39, 0.29) is 18.9 Å². The minimum absolute atomic E-state index is 0.147. The number of anilines is 1. The van der Waals surface area contributed by atoms with Gasteiger partial charge in [-0.05, 0) is 19.2 Å². The zero-order valence-corrected chi connectivity index (χ0v) is 12.8. The number of hydrogen-bond donors (Lipinski definition) is 1. The van der Waals surface area contributed by atoms with Gasteiger partial charge in [-0.2, -0.15) is 0 Å². The van der Waals surface area contributed by atoms with Crippen LogP contribution in [0.1, 0.15) is 6.23 Å². The maximum Gasteiger partial charge on any atom is 0.167 e. The van der Waals surface area contributed by atoms with Crippen LogP contribution >= 0.6 is 6.49 Å². The first-order chi connectivity index (χ1) is 9.94. The highest BCUT2D eigenvalue weighted by Gasteiger charge is 2.23. The molecule has 3 rings (SSSR count). The van der Waals surface area contributed by atoms with Crippen molar-refractivity contribution in [3.05, 3.63) is 24.8 Å². The molecule has 0 fully saturated rings. The second-order valence-electron chi connectivity index (χ2n) is 4.60. The lowest BCUT2D eigenvalue weighted by Gasteiger charge is -2.24. The first kappa shape index (κ1) is 14.6. The zero-order valence-electron chi connectivity index (χ0n) is 11.1. The predicted molar refractivity (Wildman–Crippen MR) is 78.9 cm³/mol. The number of nitrogens with zero attached hydrogens (tertiary/aromatic N) is 4. The van der Waals surface area contributed by atoms with Gasteiger partial charge < -0.3 is 19.9 Å². The molecule has 3 heterocycles. The van der Waals surface area contributed by atoms with Gasteiger partial charge in [0.2, 0.25) is 0 Å². The van der Waals surface area contributed by atoms with Crippen LogP contribution in [0.15, 0.2) is 24.8 Å². The number of imidazole rings is 1. The molecule has 0 aromatic carbocycles. The third-order valence-corrected chi connectivity index (χ3v) is 3.87. The third kappa shape index (κ3) is 3.12. The van der Waals surface area contributed by atoms with E-state index >= 15 is 0 Å². The lowest BCUT2D eigenvalue weighted by Crippen LogP contribution is -2.18. The van der Waals surface area contributed by atoms with E-state index in [1.165, 1.54) is 13.0 Å². The van der Waals surface area contributed by atoms with Crippen LogP contribution in [0.2, 0.25) is 0 Å². The Hall–Kier alpha value is -1.38. The molecule has 1 aliphatic rings. The van der Waals surface area contributed by atoms with Crippen LogP contribution in [0, 0.1) is 0 Å². The standard InChI is InChI=1S/C11H14N5O3PS/c1-20(17,21)18-4-7-2-3-8(19-7)16-6-15-9-10(12)13-5-14-11(9)16/h2-3,5-8H,4H2,1H3,(H,17,21)(H2,12,13,14)/p-1/t7-,8+,20?/m0/s1. The van der Waals surface area contributed by atoms with Crippen molar-refractivity contribution >= 4 is 35.3 Å². The summed E-state index contributed by atoms with van der Waals surface area (Å²) in [6.45, 7) is -1.39. The fraction of sp³-hybridized carbons (Fsp3) is 0.364. The molecule has 0 saturated heterocycles. The monoisotopic (exact) mass is 326 g/mol. The molecule has 8 nitrogen and oxygen atoms in total. The first-order valence-corrected chi connectivity index (χ1v) is 9.22. The minimum atomic E-state index is -2.93. The molecule has 0 amide bonds. The quantitative estimate of drug-likeness (QED) is 0.625. The number of nitrogens with two attached hydrogens (primary N) is 1. The highest BCUT2D eigenvalue weighted by atomic mass is 32.5. The lowest BCUT2D eigenvalue weighted by molar-refractivity contribution is -0.182. The molecule has 1 aliphatic heterocycles. The minimum Gasteiger partial charge on any atom is -0.801 e. The maximum atomic E-state index is 11.4. The van der Waals surface area contributed by atoms with Crippen LogP contribution in [0.25, 0.3) is 11.2 Å². The Labute approximate surface area is 125 Å². The summed E-state index contributed by atoms with van der Waals surface area (Å²) in [6, 6.07) is 0. The molecule has 2 aromatic heterocycles. The van der Waals surface area contributed by atoms with Crippen molar-refractivity contribution in [2.75, 3.05) is 19.0 Å². The summed E-state index contributed by atoms with van der Waals surface area (Å²) in [5.41, 5.74) is 6.85. The van der Waals surface area contributed by atoms with E-state index in [9.17, 15) is 4.89 Å². The van der Waals surface area contributed by atoms with E-state index < -0.39 is 6.49 Å². The molecule has 0 spiro atoms. The van der Waals surface area contributed by atoms with Gasteiger partial charge in [0, 0.05) is 0 Å². The van der Waals surface area contributed by atoms with Gasteiger partial charge in [0.25, 0.3) is 0 Å². The number of nitrogen functional groups attached to an aromatic ring is 1. The summed E-state index contributed by atoms with van der Waals surface area (Å²) in [5.74, 6) is 0.318. The third-order valence-electron chi connectivity index (χ3n) is 2.94. The van der Waals surface area contributed by atoms with Crippen LogP contribution in [0.4, 0.5) is 5.82 Å². The van der Waals surface area contributed by atoms with Crippen molar-refractivity contribution in [2.24, 2.45) is 0 Å². The molecule has 2 N–H and O–H groups in total. The van der Waals surface area contributed by atoms with Crippen molar-refractivity contribution in [3.8, 4) is 0 Å². The Morgan fingerprint density at radius 3 is 3.05 bits per heavy atom. The summed E-state index contributed by atoms with van der Waals surface area (Å²) < 4.78 is 12.6. The molecule has 112 valence electrons. The lowest BCUT2D eigenvalue weighted by atomic mass is 10.4. The Bertz CT molecular complexity index is 743. The summed E-state index contributed by atoms with van der Waals surface area (Å²) >= 11 is 4.71. The Morgan fingerprint density at radius 1 is 1.48 bits per heavy atom. The van der Waals surface area contributed by atoms with E-state index in [1.807, 2.05) is 12.2 Å². The van der Waals surface area contributed by atoms with Gasteiger partial charge in [-0.1, -0.05) is 17.9 Å². The van der Waals surface area contributed by atoms with Crippen molar-refractivity contribution in [1.29, 1.82) is 0 Å². The second-order valence-corrected chi connectivity index (χ2v) is 8.39. The molecular weight excluding hydrogens is 313 g/mol. The van der Waals surface area contributed by atoms with Crippen LogP contribution in [-0.4, -0.2) is 38.9 Å². The number of rotatable bonds is 4. The molecular formula is C11H13N5O3PS-. The molecule has 0 radical (unpaired) electrons. The zero-order chi connectivity index (χ0) is 15.0. The SMILES string of the molecule is CP([O-])(=S)OC[C@@H]1C=C[C@H](n2cnc3c(N)ncnc32)O1. The topological polar surface area (TPSA) is 111 Å². The van der Waals surface area contributed by atoms with Crippen molar-refractivity contribution in [1.82, 2.24) is 19.5 Å². The van der Waals surface area contributed by atoms with E-state index in [2.05, 4.69) is 15.0 Å². The van der Waals surface area contributed by atoms with Gasteiger partial charge in [-0.25, -0.2) is 15.0 Å². The van der Waals surface area contributed by atoms with Crippen LogP contribution < -0.4 is 10.6 Å². The average molecular weight is 326 g/mol. The molecule has 3 atom stereocenters. The fourth-order valence-corrected chi connectivity index (χ4v) is 2.61. The van der Waals surface area contributed by atoms with Gasteiger partial charge in [-0.3, -0.25) is 4.57 Å². The number of aromatic nitrogens is 4. The van der Waals surface area contributed by atoms with Crippen molar-refractivity contribution in [2.45, 2.75) is 12.3 Å². The molecule has 2 aromatic rings. The molecule has 10 heteroatoms. The summed E-state index contributed by atoms with van der Waals surface area (Å²) in [4.78, 5) is 23.6. The molecule has 0 bridgehead atoms. The molecule has 0 saturated carbocycles.